The summed E-state index contributed by atoms with van der Waals surface area (Å²) in [5.41, 5.74) is 1.91. The van der Waals surface area contributed by atoms with Gasteiger partial charge in [-0.3, -0.25) is 9.58 Å². The van der Waals surface area contributed by atoms with E-state index in [1.165, 1.54) is 63.6 Å². The van der Waals surface area contributed by atoms with Crippen LogP contribution >= 0.6 is 0 Å². The van der Waals surface area contributed by atoms with E-state index in [1.807, 2.05) is 11.6 Å². The van der Waals surface area contributed by atoms with Crippen LogP contribution in [0, 0.1) is 5.41 Å². The van der Waals surface area contributed by atoms with E-state index in [-0.39, 0.29) is 6.61 Å². The molecule has 2 aliphatic carbocycles. The van der Waals surface area contributed by atoms with Gasteiger partial charge in [-0.1, -0.05) is 0 Å². The zero-order chi connectivity index (χ0) is 22.4. The largest absolute Gasteiger partial charge is 0.388 e. The lowest BCUT2D eigenvalue weighted by Crippen LogP contribution is -2.60. The van der Waals surface area contributed by atoms with Crippen molar-refractivity contribution < 1.29 is 9.84 Å². The number of hydrogen-bond donors (Lipinski definition) is 1. The first-order valence-electron chi connectivity index (χ1n) is 13.0. The number of likely N-dealkylation sites (tertiary alicyclic amines) is 1. The third-order valence-corrected chi connectivity index (χ3v) is 9.14. The average molecular weight is 455 g/mol. The van der Waals surface area contributed by atoms with Crippen LogP contribution < -0.4 is 0 Å². The number of hydrogen-bond acceptors (Lipinski definition) is 6. The maximum atomic E-state index is 9.39. The molecule has 2 aromatic heterocycles. The lowest BCUT2D eigenvalue weighted by atomic mass is 9.76. The van der Waals surface area contributed by atoms with Crippen LogP contribution in [0.1, 0.15) is 92.9 Å². The van der Waals surface area contributed by atoms with Crippen LogP contribution in [0.5, 0.6) is 0 Å². The Kier molecular flexibility index (Phi) is 5.79. The normalized spacial score (nSPS) is 32.3. The molecule has 0 aromatic carbocycles. The monoisotopic (exact) mass is 454 g/mol. The van der Waals surface area contributed by atoms with Gasteiger partial charge >= 0.3 is 0 Å². The SMILES string of the molecule is Cn1c(CO)nnc1C1CCC(c2cnn(C3CCC(N4CC5(CCOC5)C4)CC3)c2)CC1. The Hall–Kier alpha value is -1.77. The lowest BCUT2D eigenvalue weighted by Gasteiger charge is -2.52. The minimum atomic E-state index is -0.0479. The minimum absolute atomic E-state index is 0.0479. The Bertz CT molecular complexity index is 940. The third kappa shape index (κ3) is 4.04. The van der Waals surface area contributed by atoms with E-state index in [9.17, 15) is 5.11 Å². The quantitative estimate of drug-likeness (QED) is 0.748. The molecule has 2 saturated carbocycles. The standard InChI is InChI=1S/C25H38N6O2/c1-29-23(14-32)27-28-24(29)19-4-2-18(3-5-19)20-12-26-31(13-20)22-8-6-21(7-9-22)30-15-25(16-30)10-11-33-17-25/h12-13,18-19,21-22,32H,2-11,14-17H2,1H3. The molecule has 0 unspecified atom stereocenters. The van der Waals surface area contributed by atoms with Crippen LogP contribution in [0.15, 0.2) is 12.4 Å². The van der Waals surface area contributed by atoms with Gasteiger partial charge in [-0.15, -0.1) is 10.2 Å². The average Bonchev–Trinajstić information content (AvgIpc) is 3.58. The molecule has 180 valence electrons. The highest BCUT2D eigenvalue weighted by Gasteiger charge is 2.48. The molecule has 33 heavy (non-hydrogen) atoms. The molecule has 0 bridgehead atoms. The van der Waals surface area contributed by atoms with Crippen molar-refractivity contribution in [3.05, 3.63) is 29.6 Å². The van der Waals surface area contributed by atoms with Gasteiger partial charge in [0.25, 0.3) is 0 Å². The minimum Gasteiger partial charge on any atom is -0.388 e. The Morgan fingerprint density at radius 2 is 1.73 bits per heavy atom. The van der Waals surface area contributed by atoms with E-state index in [0.717, 1.165) is 37.9 Å². The van der Waals surface area contributed by atoms with Crippen molar-refractivity contribution in [3.63, 3.8) is 0 Å². The maximum Gasteiger partial charge on any atom is 0.158 e. The fourth-order valence-corrected chi connectivity index (χ4v) is 6.98. The van der Waals surface area contributed by atoms with E-state index in [1.54, 1.807) is 0 Å². The van der Waals surface area contributed by atoms with Gasteiger partial charge in [0.1, 0.15) is 12.4 Å². The van der Waals surface area contributed by atoms with E-state index < -0.39 is 0 Å². The number of nitrogens with zero attached hydrogens (tertiary/aromatic N) is 6. The van der Waals surface area contributed by atoms with E-state index in [2.05, 4.69) is 32.2 Å². The van der Waals surface area contributed by atoms with E-state index >= 15 is 0 Å². The summed E-state index contributed by atoms with van der Waals surface area (Å²) in [4.78, 5) is 2.72. The number of aliphatic hydroxyl groups excluding tert-OH is 1. The highest BCUT2D eigenvalue weighted by Crippen LogP contribution is 2.43. The first kappa shape index (κ1) is 21.7. The molecule has 2 aliphatic heterocycles. The summed E-state index contributed by atoms with van der Waals surface area (Å²) in [6.07, 6.45) is 15.4. The van der Waals surface area contributed by atoms with Crippen molar-refractivity contribution in [1.29, 1.82) is 0 Å². The van der Waals surface area contributed by atoms with Crippen molar-refractivity contribution in [2.45, 2.75) is 88.3 Å². The molecule has 6 rings (SSSR count). The van der Waals surface area contributed by atoms with Crippen LogP contribution in [-0.4, -0.2) is 66.9 Å². The second-order valence-electron chi connectivity index (χ2n) is 11.2. The molecule has 2 saturated heterocycles. The third-order valence-electron chi connectivity index (χ3n) is 9.14. The predicted molar refractivity (Wildman–Crippen MR) is 124 cm³/mol. The molecule has 8 nitrogen and oxygen atoms in total. The Balaban J connectivity index is 0.999. The number of aromatic nitrogens is 5. The Morgan fingerprint density at radius 1 is 1.00 bits per heavy atom. The highest BCUT2D eigenvalue weighted by molar-refractivity contribution is 5.15. The molecule has 0 atom stereocenters. The van der Waals surface area contributed by atoms with Crippen LogP contribution in [0.25, 0.3) is 0 Å². The smallest absolute Gasteiger partial charge is 0.158 e. The van der Waals surface area contributed by atoms with Gasteiger partial charge in [-0.2, -0.15) is 5.10 Å². The molecule has 0 radical (unpaired) electrons. The van der Waals surface area contributed by atoms with Gasteiger partial charge in [0.05, 0.1) is 18.8 Å². The molecule has 4 heterocycles. The second kappa shape index (κ2) is 8.78. The Labute approximate surface area is 196 Å². The summed E-state index contributed by atoms with van der Waals surface area (Å²) < 4.78 is 9.90. The number of ether oxygens (including phenoxy) is 1. The maximum absolute atomic E-state index is 9.39. The summed E-state index contributed by atoms with van der Waals surface area (Å²) in [5.74, 6) is 2.73. The fraction of sp³-hybridized carbons (Fsp3) is 0.800. The molecule has 4 aliphatic rings. The first-order chi connectivity index (χ1) is 16.1. The van der Waals surface area contributed by atoms with Crippen molar-refractivity contribution in [2.75, 3.05) is 26.3 Å². The summed E-state index contributed by atoms with van der Waals surface area (Å²) >= 11 is 0. The summed E-state index contributed by atoms with van der Waals surface area (Å²) in [6, 6.07) is 1.33. The van der Waals surface area contributed by atoms with Gasteiger partial charge < -0.3 is 14.4 Å². The van der Waals surface area contributed by atoms with Crippen LogP contribution in [-0.2, 0) is 18.4 Å². The van der Waals surface area contributed by atoms with Gasteiger partial charge in [0.15, 0.2) is 5.82 Å². The molecule has 4 fully saturated rings. The van der Waals surface area contributed by atoms with Crippen molar-refractivity contribution in [1.82, 2.24) is 29.4 Å². The molecule has 8 heteroatoms. The number of aliphatic hydroxyl groups is 1. The second-order valence-corrected chi connectivity index (χ2v) is 11.2. The summed E-state index contributed by atoms with van der Waals surface area (Å²) in [6.45, 7) is 4.42. The van der Waals surface area contributed by atoms with E-state index in [4.69, 9.17) is 9.84 Å². The molecule has 1 N–H and O–H groups in total. The van der Waals surface area contributed by atoms with Crippen LogP contribution in [0.2, 0.25) is 0 Å². The lowest BCUT2D eigenvalue weighted by molar-refractivity contribution is -0.0475. The van der Waals surface area contributed by atoms with Crippen molar-refractivity contribution in [2.24, 2.45) is 12.5 Å². The zero-order valence-corrected chi connectivity index (χ0v) is 19.9. The van der Waals surface area contributed by atoms with Gasteiger partial charge in [-0.05, 0) is 69.3 Å². The molecule has 2 aromatic rings. The first-order valence-corrected chi connectivity index (χ1v) is 13.0. The topological polar surface area (TPSA) is 81.2 Å². The van der Waals surface area contributed by atoms with Crippen LogP contribution in [0.3, 0.4) is 0 Å². The van der Waals surface area contributed by atoms with Gasteiger partial charge in [-0.25, -0.2) is 0 Å². The summed E-state index contributed by atoms with van der Waals surface area (Å²) in [7, 11) is 1.97. The zero-order valence-electron chi connectivity index (χ0n) is 19.9. The summed E-state index contributed by atoms with van der Waals surface area (Å²) in [5, 5.41) is 22.7. The molecular formula is C25H38N6O2. The van der Waals surface area contributed by atoms with Crippen molar-refractivity contribution in [3.8, 4) is 0 Å². The fourth-order valence-electron chi connectivity index (χ4n) is 6.98. The Morgan fingerprint density at radius 3 is 2.39 bits per heavy atom. The van der Waals surface area contributed by atoms with Crippen molar-refractivity contribution >= 4 is 0 Å². The molecule has 0 amide bonds. The van der Waals surface area contributed by atoms with Crippen LogP contribution in [0.4, 0.5) is 0 Å². The highest BCUT2D eigenvalue weighted by atomic mass is 16.5. The number of rotatable bonds is 5. The predicted octanol–water partition coefficient (Wildman–Crippen LogP) is 3.15. The van der Waals surface area contributed by atoms with Gasteiger partial charge in [0.2, 0.25) is 0 Å². The van der Waals surface area contributed by atoms with Gasteiger partial charge in [0, 0.05) is 50.3 Å². The molecular weight excluding hydrogens is 416 g/mol. The molecule has 1 spiro atoms. The van der Waals surface area contributed by atoms with E-state index in [0.29, 0.717) is 29.1 Å².